The molecule has 1 amide bonds. The Hall–Kier alpha value is -1.86. The van der Waals surface area contributed by atoms with E-state index in [1.54, 1.807) is 13.1 Å². The van der Waals surface area contributed by atoms with Crippen molar-refractivity contribution < 1.29 is 9.32 Å². The number of halogens is 1. The van der Waals surface area contributed by atoms with Crippen molar-refractivity contribution in [3.8, 4) is 11.4 Å². The monoisotopic (exact) mass is 475 g/mol. The minimum absolute atomic E-state index is 0.171. The highest BCUT2D eigenvalue weighted by atomic mass is 35.5. The largest absolute Gasteiger partial charge is 0.361 e. The molecule has 0 aromatic carbocycles. The first kappa shape index (κ1) is 24.3. The summed E-state index contributed by atoms with van der Waals surface area (Å²) in [5, 5.41) is 12.0. The number of aryl methyl sites for hydroxylation is 2. The van der Waals surface area contributed by atoms with Crippen LogP contribution in [-0.2, 0) is 7.05 Å². The van der Waals surface area contributed by atoms with Crippen molar-refractivity contribution in [1.82, 2.24) is 25.2 Å². The van der Waals surface area contributed by atoms with Gasteiger partial charge in [-0.25, -0.2) is 0 Å². The fourth-order valence-corrected chi connectivity index (χ4v) is 5.45. The molecule has 8 heteroatoms. The third kappa shape index (κ3) is 5.62. The Morgan fingerprint density at radius 3 is 2.48 bits per heavy atom. The smallest absolute Gasteiger partial charge is 0.256 e. The molecule has 1 saturated heterocycles. The number of carbonyl (C=O) groups excluding carboxylic acids is 1. The molecular formula is C25H38ClN5O2. The molecule has 1 saturated carbocycles. The second kappa shape index (κ2) is 9.41. The van der Waals surface area contributed by atoms with Crippen molar-refractivity contribution in [2.45, 2.75) is 78.7 Å². The first-order valence-electron chi connectivity index (χ1n) is 12.2. The van der Waals surface area contributed by atoms with Crippen molar-refractivity contribution in [1.29, 1.82) is 0 Å². The molecule has 0 atom stereocenters. The summed E-state index contributed by atoms with van der Waals surface area (Å²) in [5.41, 5.74) is 2.22. The first-order chi connectivity index (χ1) is 15.6. The molecule has 3 heterocycles. The molecule has 1 aliphatic heterocycles. The van der Waals surface area contributed by atoms with Gasteiger partial charge in [0.05, 0.1) is 0 Å². The fourth-order valence-electron chi connectivity index (χ4n) is 5.24. The van der Waals surface area contributed by atoms with E-state index < -0.39 is 0 Å². The van der Waals surface area contributed by atoms with Crippen molar-refractivity contribution in [2.75, 3.05) is 19.6 Å². The summed E-state index contributed by atoms with van der Waals surface area (Å²) in [6.45, 7) is 12.4. The standard InChI is InChI=1S/C25H38ClN5O2/c1-17-16-19(29-33-17)21-20(22(26)30(5)28-21)23(32)27-18-6-8-25(9-7-18)11-14-31(15-12-25)13-10-24(2,3)4/h16,18H,6-15H2,1-5H3,(H,27,32). The predicted molar refractivity (Wildman–Crippen MR) is 130 cm³/mol. The molecule has 33 heavy (non-hydrogen) atoms. The third-order valence-electron chi connectivity index (χ3n) is 7.55. The lowest BCUT2D eigenvalue weighted by atomic mass is 9.67. The van der Waals surface area contributed by atoms with Gasteiger partial charge in [-0.05, 0) is 82.3 Å². The maximum atomic E-state index is 13.2. The minimum Gasteiger partial charge on any atom is -0.361 e. The lowest BCUT2D eigenvalue weighted by molar-refractivity contribution is 0.0522. The maximum absolute atomic E-state index is 13.2. The second-order valence-corrected chi connectivity index (χ2v) is 11.7. The minimum atomic E-state index is -0.179. The second-order valence-electron chi connectivity index (χ2n) is 11.4. The molecule has 0 radical (unpaired) electrons. The summed E-state index contributed by atoms with van der Waals surface area (Å²) in [5.74, 6) is 0.488. The third-order valence-corrected chi connectivity index (χ3v) is 7.98. The summed E-state index contributed by atoms with van der Waals surface area (Å²) in [7, 11) is 1.73. The SMILES string of the molecule is Cc1cc(-c2nn(C)c(Cl)c2C(=O)NC2CCC3(CC2)CCN(CCC(C)(C)C)CC3)no1. The molecule has 7 nitrogen and oxygen atoms in total. The van der Waals surface area contributed by atoms with E-state index >= 15 is 0 Å². The van der Waals surface area contributed by atoms with Crippen LogP contribution in [0.2, 0.25) is 5.15 Å². The van der Waals surface area contributed by atoms with Crippen molar-refractivity contribution >= 4 is 17.5 Å². The van der Waals surface area contributed by atoms with Crippen LogP contribution >= 0.6 is 11.6 Å². The first-order valence-corrected chi connectivity index (χ1v) is 12.6. The van der Waals surface area contributed by atoms with Crippen LogP contribution in [0.4, 0.5) is 0 Å². The molecule has 1 N–H and O–H groups in total. The number of piperidine rings is 1. The number of carbonyl (C=O) groups is 1. The number of aromatic nitrogens is 3. The number of amides is 1. The molecule has 1 spiro atoms. The van der Waals surface area contributed by atoms with E-state index in [1.807, 2.05) is 6.92 Å². The van der Waals surface area contributed by atoms with Gasteiger partial charge in [-0.15, -0.1) is 0 Å². The number of hydrogen-bond donors (Lipinski definition) is 1. The van der Waals surface area contributed by atoms with E-state index in [1.165, 1.54) is 56.4 Å². The van der Waals surface area contributed by atoms with Gasteiger partial charge >= 0.3 is 0 Å². The van der Waals surface area contributed by atoms with E-state index in [2.05, 4.69) is 41.2 Å². The highest BCUT2D eigenvalue weighted by Gasteiger charge is 2.39. The molecule has 0 unspecified atom stereocenters. The zero-order valence-electron chi connectivity index (χ0n) is 20.7. The molecule has 1 aliphatic carbocycles. The van der Waals surface area contributed by atoms with Gasteiger partial charge in [0, 0.05) is 19.2 Å². The van der Waals surface area contributed by atoms with Gasteiger partial charge in [0.25, 0.3) is 5.91 Å². The van der Waals surface area contributed by atoms with E-state index in [0.29, 0.717) is 38.7 Å². The van der Waals surface area contributed by atoms with Crippen LogP contribution in [-0.4, -0.2) is 51.4 Å². The quantitative estimate of drug-likeness (QED) is 0.640. The lowest BCUT2D eigenvalue weighted by Gasteiger charge is -2.46. The predicted octanol–water partition coefficient (Wildman–Crippen LogP) is 5.23. The van der Waals surface area contributed by atoms with Crippen LogP contribution in [0.15, 0.2) is 10.6 Å². The average molecular weight is 476 g/mol. The van der Waals surface area contributed by atoms with Crippen LogP contribution in [0.1, 0.15) is 81.8 Å². The Bertz CT molecular complexity index is 972. The fraction of sp³-hybridized carbons (Fsp3) is 0.720. The number of rotatable bonds is 5. The van der Waals surface area contributed by atoms with Gasteiger partial charge in [0.2, 0.25) is 0 Å². The molecule has 2 aliphatic rings. The Balaban J connectivity index is 1.33. The van der Waals surface area contributed by atoms with Crippen molar-refractivity contribution in [2.24, 2.45) is 17.9 Å². The summed E-state index contributed by atoms with van der Waals surface area (Å²) < 4.78 is 6.69. The van der Waals surface area contributed by atoms with E-state index in [4.69, 9.17) is 16.1 Å². The summed E-state index contributed by atoms with van der Waals surface area (Å²) >= 11 is 6.44. The van der Waals surface area contributed by atoms with Crippen LogP contribution in [0, 0.1) is 17.8 Å². The van der Waals surface area contributed by atoms with Gasteiger partial charge in [-0.2, -0.15) is 5.10 Å². The molecular weight excluding hydrogens is 438 g/mol. The van der Waals surface area contributed by atoms with E-state index in [0.717, 1.165) is 12.8 Å². The Morgan fingerprint density at radius 1 is 1.24 bits per heavy atom. The topological polar surface area (TPSA) is 76.2 Å². The highest BCUT2D eigenvalue weighted by Crippen LogP contribution is 2.45. The van der Waals surface area contributed by atoms with Crippen LogP contribution in [0.25, 0.3) is 11.4 Å². The molecule has 0 bridgehead atoms. The van der Waals surface area contributed by atoms with Crippen LogP contribution in [0.3, 0.4) is 0 Å². The summed E-state index contributed by atoms with van der Waals surface area (Å²) in [6, 6.07) is 1.94. The number of nitrogens with zero attached hydrogens (tertiary/aromatic N) is 4. The Labute approximate surface area is 202 Å². The van der Waals surface area contributed by atoms with Gasteiger partial charge < -0.3 is 14.7 Å². The van der Waals surface area contributed by atoms with Crippen molar-refractivity contribution in [3.63, 3.8) is 0 Å². The molecule has 2 aromatic heterocycles. The summed E-state index contributed by atoms with van der Waals surface area (Å²) in [4.78, 5) is 15.8. The highest BCUT2D eigenvalue weighted by molar-refractivity contribution is 6.33. The van der Waals surface area contributed by atoms with Crippen LogP contribution in [0.5, 0.6) is 0 Å². The number of nitrogens with one attached hydrogen (secondary N) is 1. The number of hydrogen-bond acceptors (Lipinski definition) is 5. The van der Waals surface area contributed by atoms with Gasteiger partial charge in [-0.3, -0.25) is 9.48 Å². The molecule has 2 fully saturated rings. The maximum Gasteiger partial charge on any atom is 0.256 e. The Morgan fingerprint density at radius 2 is 1.91 bits per heavy atom. The zero-order chi connectivity index (χ0) is 23.8. The van der Waals surface area contributed by atoms with Gasteiger partial charge in [0.15, 0.2) is 0 Å². The summed E-state index contributed by atoms with van der Waals surface area (Å²) in [6.07, 6.45) is 8.21. The zero-order valence-corrected chi connectivity index (χ0v) is 21.5. The molecule has 2 aromatic rings. The van der Waals surface area contributed by atoms with Gasteiger partial charge in [-0.1, -0.05) is 37.5 Å². The van der Waals surface area contributed by atoms with Gasteiger partial charge in [0.1, 0.15) is 27.9 Å². The number of likely N-dealkylation sites (tertiary alicyclic amines) is 1. The van der Waals surface area contributed by atoms with E-state index in [9.17, 15) is 4.79 Å². The lowest BCUT2D eigenvalue weighted by Crippen LogP contribution is -2.46. The normalized spacial score (nSPS) is 19.8. The van der Waals surface area contributed by atoms with E-state index in [-0.39, 0.29) is 11.9 Å². The van der Waals surface area contributed by atoms with Crippen LogP contribution < -0.4 is 5.32 Å². The Kier molecular flexibility index (Phi) is 6.92. The average Bonchev–Trinajstić information content (AvgIpc) is 3.32. The van der Waals surface area contributed by atoms with Crippen molar-refractivity contribution in [3.05, 3.63) is 22.5 Å². The molecule has 4 rings (SSSR count). The molecule has 182 valence electrons.